The highest BCUT2D eigenvalue weighted by molar-refractivity contribution is 5.97. The number of H-pyrrole nitrogens is 1. The Morgan fingerprint density at radius 1 is 1.17 bits per heavy atom. The van der Waals surface area contributed by atoms with Crippen LogP contribution in [0.4, 0.5) is 0 Å². The molecule has 3 N–H and O–H groups in total. The molecule has 23 heavy (non-hydrogen) atoms. The van der Waals surface area contributed by atoms with Crippen molar-refractivity contribution in [2.45, 2.75) is 12.6 Å². The fourth-order valence-corrected chi connectivity index (χ4v) is 2.84. The number of aliphatic hydroxyl groups excluding tert-OH is 2. The van der Waals surface area contributed by atoms with E-state index in [-0.39, 0.29) is 13.2 Å². The van der Waals surface area contributed by atoms with Gasteiger partial charge in [-0.2, -0.15) is 0 Å². The molecule has 0 radical (unpaired) electrons. The molecule has 4 aromatic rings. The van der Waals surface area contributed by atoms with Crippen molar-refractivity contribution in [2.75, 3.05) is 6.61 Å². The van der Waals surface area contributed by atoms with Crippen molar-refractivity contribution in [3.8, 4) is 11.1 Å². The van der Waals surface area contributed by atoms with Gasteiger partial charge >= 0.3 is 0 Å². The molecule has 0 fully saturated rings. The van der Waals surface area contributed by atoms with Crippen LogP contribution in [0.3, 0.4) is 0 Å². The first kappa shape index (κ1) is 13.9. The van der Waals surface area contributed by atoms with Crippen molar-refractivity contribution in [2.24, 2.45) is 0 Å². The second-order valence-corrected chi connectivity index (χ2v) is 5.56. The molecule has 0 bridgehead atoms. The number of aromatic nitrogens is 4. The number of aromatic amines is 1. The molecule has 0 aliphatic carbocycles. The van der Waals surface area contributed by atoms with Gasteiger partial charge in [-0.1, -0.05) is 29.5 Å². The first-order chi connectivity index (χ1) is 11.3. The number of rotatable bonds is 4. The summed E-state index contributed by atoms with van der Waals surface area (Å²) in [6, 6.07) is 14.1. The largest absolute Gasteiger partial charge is 0.394 e. The molecule has 0 spiro atoms. The van der Waals surface area contributed by atoms with E-state index in [0.717, 1.165) is 33.1 Å². The van der Waals surface area contributed by atoms with Gasteiger partial charge in [-0.15, -0.1) is 5.10 Å². The summed E-state index contributed by atoms with van der Waals surface area (Å²) in [7, 11) is 0. The molecule has 6 heteroatoms. The summed E-state index contributed by atoms with van der Waals surface area (Å²) < 4.78 is 1.62. The van der Waals surface area contributed by atoms with Crippen LogP contribution in [0.5, 0.6) is 0 Å². The Balaban J connectivity index is 1.83. The van der Waals surface area contributed by atoms with Crippen LogP contribution < -0.4 is 0 Å². The lowest BCUT2D eigenvalue weighted by molar-refractivity contribution is 0.0788. The van der Waals surface area contributed by atoms with Gasteiger partial charge < -0.3 is 15.2 Å². The predicted molar refractivity (Wildman–Crippen MR) is 87.9 cm³/mol. The van der Waals surface area contributed by atoms with Crippen LogP contribution in [-0.4, -0.2) is 42.9 Å². The van der Waals surface area contributed by atoms with Gasteiger partial charge in [0.25, 0.3) is 0 Å². The number of nitrogens with one attached hydrogen (secondary N) is 1. The second kappa shape index (κ2) is 5.49. The van der Waals surface area contributed by atoms with Gasteiger partial charge in [-0.3, -0.25) is 0 Å². The number of nitrogens with zero attached hydrogens (tertiary/aromatic N) is 3. The number of aliphatic hydroxyl groups is 2. The van der Waals surface area contributed by atoms with Gasteiger partial charge in [0.05, 0.1) is 24.8 Å². The zero-order valence-corrected chi connectivity index (χ0v) is 12.3. The SMILES string of the molecule is OCC(O)Cn1nnc2ccc(-c3c[nH]c4ccccc34)cc21. The minimum absolute atomic E-state index is 0.213. The lowest BCUT2D eigenvalue weighted by atomic mass is 10.0. The van der Waals surface area contributed by atoms with E-state index in [0.29, 0.717) is 0 Å². The van der Waals surface area contributed by atoms with Crippen LogP contribution >= 0.6 is 0 Å². The Labute approximate surface area is 132 Å². The zero-order valence-electron chi connectivity index (χ0n) is 12.3. The smallest absolute Gasteiger partial charge is 0.113 e. The molecule has 2 aromatic heterocycles. The molecule has 4 rings (SSSR count). The molecule has 1 atom stereocenters. The van der Waals surface area contributed by atoms with Crippen molar-refractivity contribution in [1.82, 2.24) is 20.0 Å². The van der Waals surface area contributed by atoms with E-state index >= 15 is 0 Å². The summed E-state index contributed by atoms with van der Waals surface area (Å²) in [5.74, 6) is 0. The maximum Gasteiger partial charge on any atom is 0.113 e. The van der Waals surface area contributed by atoms with Crippen LogP contribution in [0.2, 0.25) is 0 Å². The molecular weight excluding hydrogens is 292 g/mol. The number of fused-ring (bicyclic) bond motifs is 2. The van der Waals surface area contributed by atoms with E-state index in [1.165, 1.54) is 0 Å². The minimum Gasteiger partial charge on any atom is -0.394 e. The van der Waals surface area contributed by atoms with Crippen molar-refractivity contribution in [3.05, 3.63) is 48.7 Å². The normalized spacial score (nSPS) is 13.0. The number of hydrogen-bond donors (Lipinski definition) is 3. The summed E-state index contributed by atoms with van der Waals surface area (Å²) >= 11 is 0. The number of hydrogen-bond acceptors (Lipinski definition) is 4. The zero-order chi connectivity index (χ0) is 15.8. The van der Waals surface area contributed by atoms with Crippen molar-refractivity contribution >= 4 is 21.9 Å². The Morgan fingerprint density at radius 2 is 2.04 bits per heavy atom. The highest BCUT2D eigenvalue weighted by Crippen LogP contribution is 2.30. The molecule has 0 aliphatic heterocycles. The third kappa shape index (κ3) is 2.38. The first-order valence-electron chi connectivity index (χ1n) is 7.45. The van der Waals surface area contributed by atoms with Crippen LogP contribution in [0, 0.1) is 0 Å². The summed E-state index contributed by atoms with van der Waals surface area (Å²) in [4.78, 5) is 3.27. The van der Waals surface area contributed by atoms with Gasteiger partial charge in [0.2, 0.25) is 0 Å². The van der Waals surface area contributed by atoms with Crippen LogP contribution in [0.15, 0.2) is 48.7 Å². The summed E-state index contributed by atoms with van der Waals surface area (Å²) in [6.45, 7) is -0.0895. The number of benzene rings is 2. The summed E-state index contributed by atoms with van der Waals surface area (Å²) in [5, 5.41) is 28.0. The number of para-hydroxylation sites is 1. The molecular formula is C17H16N4O2. The quantitative estimate of drug-likeness (QED) is 0.537. The van der Waals surface area contributed by atoms with Gasteiger partial charge in [0.1, 0.15) is 5.52 Å². The fraction of sp³-hybridized carbons (Fsp3) is 0.176. The average molecular weight is 308 g/mol. The van der Waals surface area contributed by atoms with Crippen molar-refractivity contribution in [1.29, 1.82) is 0 Å². The Morgan fingerprint density at radius 3 is 2.91 bits per heavy atom. The maximum atomic E-state index is 9.64. The molecule has 0 amide bonds. The maximum absolute atomic E-state index is 9.64. The Hall–Kier alpha value is -2.70. The highest BCUT2D eigenvalue weighted by Gasteiger charge is 2.12. The molecule has 2 aromatic carbocycles. The van der Waals surface area contributed by atoms with Gasteiger partial charge in [0.15, 0.2) is 0 Å². The van der Waals surface area contributed by atoms with E-state index in [1.807, 2.05) is 42.6 Å². The third-order valence-electron chi connectivity index (χ3n) is 4.01. The van der Waals surface area contributed by atoms with E-state index in [9.17, 15) is 5.11 Å². The third-order valence-corrected chi connectivity index (χ3v) is 4.01. The van der Waals surface area contributed by atoms with Crippen molar-refractivity contribution < 1.29 is 10.2 Å². The van der Waals surface area contributed by atoms with E-state index in [2.05, 4.69) is 21.4 Å². The molecule has 1 unspecified atom stereocenters. The van der Waals surface area contributed by atoms with Crippen LogP contribution in [0.1, 0.15) is 0 Å². The highest BCUT2D eigenvalue weighted by atomic mass is 16.3. The van der Waals surface area contributed by atoms with E-state index in [4.69, 9.17) is 5.11 Å². The van der Waals surface area contributed by atoms with Crippen LogP contribution in [-0.2, 0) is 6.54 Å². The Bertz CT molecular complexity index is 973. The minimum atomic E-state index is -0.850. The van der Waals surface area contributed by atoms with E-state index in [1.54, 1.807) is 4.68 Å². The lowest BCUT2D eigenvalue weighted by Crippen LogP contribution is -2.20. The van der Waals surface area contributed by atoms with Crippen molar-refractivity contribution in [3.63, 3.8) is 0 Å². The standard InChI is InChI=1S/C17H16N4O2/c22-10-12(23)9-21-17-7-11(5-6-16(17)19-20-21)14-8-18-15-4-2-1-3-13(14)15/h1-8,12,18,22-23H,9-10H2. The summed E-state index contributed by atoms with van der Waals surface area (Å²) in [5.41, 5.74) is 4.85. The van der Waals surface area contributed by atoms with Gasteiger partial charge in [-0.05, 0) is 23.8 Å². The molecule has 0 saturated carbocycles. The van der Waals surface area contributed by atoms with Gasteiger partial charge in [0, 0.05) is 22.7 Å². The van der Waals surface area contributed by atoms with Crippen LogP contribution in [0.25, 0.3) is 33.1 Å². The molecule has 6 nitrogen and oxygen atoms in total. The van der Waals surface area contributed by atoms with E-state index < -0.39 is 6.10 Å². The second-order valence-electron chi connectivity index (χ2n) is 5.56. The molecule has 2 heterocycles. The predicted octanol–water partition coefficient (Wildman–Crippen LogP) is 1.93. The monoisotopic (exact) mass is 308 g/mol. The lowest BCUT2D eigenvalue weighted by Gasteiger charge is -2.07. The molecule has 116 valence electrons. The summed E-state index contributed by atoms with van der Waals surface area (Å²) in [6.07, 6.45) is 1.14. The average Bonchev–Trinajstić information content (AvgIpc) is 3.18. The topological polar surface area (TPSA) is 87.0 Å². The fourth-order valence-electron chi connectivity index (χ4n) is 2.84. The first-order valence-corrected chi connectivity index (χ1v) is 7.45. The molecule has 0 saturated heterocycles. The Kier molecular flexibility index (Phi) is 3.33. The molecule has 0 aliphatic rings. The van der Waals surface area contributed by atoms with Gasteiger partial charge in [-0.25, -0.2) is 4.68 Å².